The van der Waals surface area contributed by atoms with E-state index in [9.17, 15) is 0 Å². The topological polar surface area (TPSA) is 74.2 Å². The number of nitrogens with zero attached hydrogens (tertiary/aromatic N) is 2. The van der Waals surface area contributed by atoms with Gasteiger partial charge in [0.15, 0.2) is 12.4 Å². The number of rotatable bonds is 5. The van der Waals surface area contributed by atoms with Crippen LogP contribution in [0.2, 0.25) is 0 Å². The predicted molar refractivity (Wildman–Crippen MR) is 79.9 cm³/mol. The van der Waals surface area contributed by atoms with Gasteiger partial charge in [-0.3, -0.25) is 0 Å². The zero-order valence-corrected chi connectivity index (χ0v) is 12.3. The lowest BCUT2D eigenvalue weighted by molar-refractivity contribution is 0.243. The van der Waals surface area contributed by atoms with Gasteiger partial charge in [0.2, 0.25) is 0 Å². The molecule has 0 radical (unpaired) electrons. The van der Waals surface area contributed by atoms with E-state index in [4.69, 9.17) is 15.0 Å². The molecule has 1 fully saturated rings. The first-order chi connectivity index (χ1) is 10.3. The average molecular weight is 287 g/mol. The lowest BCUT2D eigenvalue weighted by Gasteiger charge is -2.05. The molecule has 1 aromatic carbocycles. The van der Waals surface area contributed by atoms with Crippen LogP contribution in [-0.4, -0.2) is 10.1 Å². The highest BCUT2D eigenvalue weighted by atomic mass is 16.5. The Morgan fingerprint density at radius 3 is 2.95 bits per heavy atom. The van der Waals surface area contributed by atoms with Crippen molar-refractivity contribution >= 4 is 5.69 Å². The van der Waals surface area contributed by atoms with E-state index in [1.54, 1.807) is 6.07 Å². The molecule has 1 heterocycles. The minimum atomic E-state index is 0.255. The fourth-order valence-corrected chi connectivity index (χ4v) is 2.92. The van der Waals surface area contributed by atoms with Crippen molar-refractivity contribution in [3.63, 3.8) is 0 Å². The fourth-order valence-electron chi connectivity index (χ4n) is 2.92. The number of anilines is 1. The van der Waals surface area contributed by atoms with Crippen LogP contribution >= 0.6 is 0 Å². The zero-order chi connectivity index (χ0) is 14.7. The minimum absolute atomic E-state index is 0.255. The molecule has 0 amide bonds. The van der Waals surface area contributed by atoms with Crippen LogP contribution < -0.4 is 10.5 Å². The maximum absolute atomic E-state index is 5.83. The number of para-hydroxylation sites is 2. The molecule has 0 aliphatic heterocycles. The van der Waals surface area contributed by atoms with Gasteiger partial charge in [0, 0.05) is 5.92 Å². The summed E-state index contributed by atoms with van der Waals surface area (Å²) in [5, 5.41) is 4.10. The van der Waals surface area contributed by atoms with Gasteiger partial charge in [-0.15, -0.1) is 0 Å². The molecule has 112 valence electrons. The van der Waals surface area contributed by atoms with Crippen molar-refractivity contribution in [3.05, 3.63) is 36.0 Å². The van der Waals surface area contributed by atoms with Crippen molar-refractivity contribution < 1.29 is 9.26 Å². The highest BCUT2D eigenvalue weighted by Crippen LogP contribution is 2.38. The Morgan fingerprint density at radius 2 is 2.19 bits per heavy atom. The number of hydrogen-bond donors (Lipinski definition) is 1. The van der Waals surface area contributed by atoms with Crippen LogP contribution in [0.15, 0.2) is 28.8 Å². The standard InChI is InChI=1S/C16H21N3O2/c1-2-11-7-8-12(9-11)16-18-15(21-19-16)10-20-14-6-4-3-5-13(14)17/h3-6,11-12H,2,7-10,17H2,1H3. The maximum atomic E-state index is 5.83. The molecule has 1 aromatic heterocycles. The van der Waals surface area contributed by atoms with Crippen molar-refractivity contribution in [3.8, 4) is 5.75 Å². The Bertz CT molecular complexity index is 597. The van der Waals surface area contributed by atoms with Crippen LogP contribution in [0.3, 0.4) is 0 Å². The van der Waals surface area contributed by atoms with Crippen molar-refractivity contribution in [1.29, 1.82) is 0 Å². The predicted octanol–water partition coefficient (Wildman–Crippen LogP) is 3.52. The van der Waals surface area contributed by atoms with E-state index in [0.29, 0.717) is 23.2 Å². The average Bonchev–Trinajstić information content (AvgIpc) is 3.15. The minimum Gasteiger partial charge on any atom is -0.482 e. The second kappa shape index (κ2) is 6.16. The van der Waals surface area contributed by atoms with Gasteiger partial charge in [0.1, 0.15) is 5.75 Å². The quantitative estimate of drug-likeness (QED) is 0.851. The summed E-state index contributed by atoms with van der Waals surface area (Å²) in [6, 6.07) is 7.39. The van der Waals surface area contributed by atoms with E-state index in [2.05, 4.69) is 17.1 Å². The maximum Gasteiger partial charge on any atom is 0.264 e. The highest BCUT2D eigenvalue weighted by molar-refractivity contribution is 5.51. The summed E-state index contributed by atoms with van der Waals surface area (Å²) in [6.07, 6.45) is 4.83. The summed E-state index contributed by atoms with van der Waals surface area (Å²) in [6.45, 7) is 2.50. The van der Waals surface area contributed by atoms with Gasteiger partial charge >= 0.3 is 0 Å². The molecule has 3 rings (SSSR count). The molecular formula is C16H21N3O2. The Labute approximate surface area is 124 Å². The zero-order valence-electron chi connectivity index (χ0n) is 12.3. The third-order valence-corrected chi connectivity index (χ3v) is 4.24. The summed E-state index contributed by atoms with van der Waals surface area (Å²) in [5.74, 6) is 3.22. The van der Waals surface area contributed by atoms with Crippen LogP contribution in [-0.2, 0) is 6.61 Å². The third-order valence-electron chi connectivity index (χ3n) is 4.24. The summed E-state index contributed by atoms with van der Waals surface area (Å²) in [5.41, 5.74) is 6.44. The van der Waals surface area contributed by atoms with Crippen LogP contribution in [0.4, 0.5) is 5.69 Å². The molecule has 2 N–H and O–H groups in total. The molecule has 1 aliphatic carbocycles. The van der Waals surface area contributed by atoms with Crippen LogP contribution in [0.5, 0.6) is 5.75 Å². The van der Waals surface area contributed by atoms with Gasteiger partial charge in [-0.1, -0.05) is 30.6 Å². The molecule has 1 saturated carbocycles. The molecule has 5 heteroatoms. The number of nitrogen functional groups attached to an aromatic ring is 1. The summed E-state index contributed by atoms with van der Waals surface area (Å²) < 4.78 is 10.9. The molecular weight excluding hydrogens is 266 g/mol. The molecule has 21 heavy (non-hydrogen) atoms. The van der Waals surface area contributed by atoms with E-state index in [-0.39, 0.29) is 6.61 Å². The normalized spacial score (nSPS) is 21.6. The van der Waals surface area contributed by atoms with Gasteiger partial charge in [-0.2, -0.15) is 4.98 Å². The van der Waals surface area contributed by atoms with Gasteiger partial charge in [-0.25, -0.2) is 0 Å². The van der Waals surface area contributed by atoms with Crippen LogP contribution in [0.1, 0.15) is 50.2 Å². The molecule has 0 saturated heterocycles. The Hall–Kier alpha value is -2.04. The van der Waals surface area contributed by atoms with Gasteiger partial charge in [0.25, 0.3) is 5.89 Å². The van der Waals surface area contributed by atoms with E-state index >= 15 is 0 Å². The number of nitrogens with two attached hydrogens (primary N) is 1. The lowest BCUT2D eigenvalue weighted by atomic mass is 10.0. The van der Waals surface area contributed by atoms with Crippen molar-refractivity contribution in [1.82, 2.24) is 10.1 Å². The second-order valence-electron chi connectivity index (χ2n) is 5.66. The van der Waals surface area contributed by atoms with Gasteiger partial charge in [0.05, 0.1) is 5.69 Å². The summed E-state index contributed by atoms with van der Waals surface area (Å²) in [7, 11) is 0. The van der Waals surface area contributed by atoms with Gasteiger partial charge < -0.3 is 15.0 Å². The first-order valence-corrected chi connectivity index (χ1v) is 7.56. The van der Waals surface area contributed by atoms with Crippen LogP contribution in [0, 0.1) is 5.92 Å². The first kappa shape index (κ1) is 13.9. The Kier molecular flexibility index (Phi) is 4.08. The van der Waals surface area contributed by atoms with Crippen molar-refractivity contribution in [2.24, 2.45) is 5.92 Å². The molecule has 0 bridgehead atoms. The Balaban J connectivity index is 1.60. The van der Waals surface area contributed by atoms with Gasteiger partial charge in [-0.05, 0) is 37.3 Å². The second-order valence-corrected chi connectivity index (χ2v) is 5.66. The molecule has 2 unspecified atom stereocenters. The van der Waals surface area contributed by atoms with E-state index in [1.807, 2.05) is 18.2 Å². The highest BCUT2D eigenvalue weighted by Gasteiger charge is 2.28. The Morgan fingerprint density at radius 1 is 1.33 bits per heavy atom. The number of ether oxygens (including phenoxy) is 1. The van der Waals surface area contributed by atoms with Crippen molar-refractivity contribution in [2.75, 3.05) is 5.73 Å². The number of aromatic nitrogens is 2. The third kappa shape index (κ3) is 3.17. The lowest BCUT2D eigenvalue weighted by Crippen LogP contribution is -2.00. The monoisotopic (exact) mass is 287 g/mol. The molecule has 5 nitrogen and oxygen atoms in total. The number of hydrogen-bond acceptors (Lipinski definition) is 5. The fraction of sp³-hybridized carbons (Fsp3) is 0.500. The first-order valence-electron chi connectivity index (χ1n) is 7.56. The molecule has 0 spiro atoms. The largest absolute Gasteiger partial charge is 0.482 e. The summed E-state index contributed by atoms with van der Waals surface area (Å²) in [4.78, 5) is 4.46. The molecule has 2 aromatic rings. The van der Waals surface area contributed by atoms with E-state index in [0.717, 1.165) is 18.2 Å². The molecule has 1 aliphatic rings. The molecule has 2 atom stereocenters. The van der Waals surface area contributed by atoms with Crippen molar-refractivity contribution in [2.45, 2.75) is 45.1 Å². The number of benzene rings is 1. The SMILES string of the molecule is CCC1CCC(c2noc(COc3ccccc3N)n2)C1. The summed E-state index contributed by atoms with van der Waals surface area (Å²) >= 11 is 0. The van der Waals surface area contributed by atoms with Crippen LogP contribution in [0.25, 0.3) is 0 Å². The van der Waals surface area contributed by atoms with E-state index in [1.165, 1.54) is 19.3 Å². The smallest absolute Gasteiger partial charge is 0.264 e. The van der Waals surface area contributed by atoms with E-state index < -0.39 is 0 Å².